The van der Waals surface area contributed by atoms with Crippen LogP contribution >= 0.6 is 23.4 Å². The van der Waals surface area contributed by atoms with Gasteiger partial charge >= 0.3 is 0 Å². The lowest BCUT2D eigenvalue weighted by Gasteiger charge is -2.13. The summed E-state index contributed by atoms with van der Waals surface area (Å²) in [5.74, 6) is 0.215. The SMILES string of the molecule is CC(=O)CCCSc1nc2ccccc2c(=O)n1-c1ccc(F)c(Cl)c1. The third-order valence-corrected chi connectivity index (χ3v) is 5.13. The predicted molar refractivity (Wildman–Crippen MR) is 103 cm³/mol. The molecule has 1 heterocycles. The van der Waals surface area contributed by atoms with Gasteiger partial charge in [-0.25, -0.2) is 9.37 Å². The summed E-state index contributed by atoms with van der Waals surface area (Å²) in [4.78, 5) is 28.7. The Balaban J connectivity index is 2.09. The summed E-state index contributed by atoms with van der Waals surface area (Å²) in [5.41, 5.74) is 0.803. The molecule has 0 N–H and O–H groups in total. The molecule has 1 aromatic heterocycles. The number of carbonyl (C=O) groups is 1. The molecule has 0 unspecified atom stereocenters. The van der Waals surface area contributed by atoms with Crippen molar-refractivity contribution in [2.24, 2.45) is 0 Å². The summed E-state index contributed by atoms with van der Waals surface area (Å²) in [6.45, 7) is 1.55. The first-order valence-electron chi connectivity index (χ1n) is 8.07. The number of nitrogens with zero attached hydrogens (tertiary/aromatic N) is 2. The second kappa shape index (κ2) is 8.01. The van der Waals surface area contributed by atoms with Crippen LogP contribution in [-0.2, 0) is 4.79 Å². The lowest BCUT2D eigenvalue weighted by atomic mass is 10.2. The number of thioether (sulfide) groups is 1. The molecule has 0 saturated heterocycles. The van der Waals surface area contributed by atoms with E-state index in [1.165, 1.54) is 34.5 Å². The molecular weight excluding hydrogens is 375 g/mol. The van der Waals surface area contributed by atoms with Crippen LogP contribution < -0.4 is 5.56 Å². The minimum absolute atomic E-state index is 0.0601. The molecule has 0 amide bonds. The molecule has 2 aromatic carbocycles. The van der Waals surface area contributed by atoms with E-state index in [1.54, 1.807) is 25.1 Å². The van der Waals surface area contributed by atoms with Crippen molar-refractivity contribution in [1.29, 1.82) is 0 Å². The number of benzene rings is 2. The van der Waals surface area contributed by atoms with Gasteiger partial charge in [-0.2, -0.15) is 0 Å². The minimum Gasteiger partial charge on any atom is -0.300 e. The Hall–Kier alpha value is -2.18. The fraction of sp³-hybridized carbons (Fsp3) is 0.211. The number of ketones is 1. The highest BCUT2D eigenvalue weighted by molar-refractivity contribution is 7.99. The van der Waals surface area contributed by atoms with Crippen LogP contribution in [0, 0.1) is 5.82 Å². The summed E-state index contributed by atoms with van der Waals surface area (Å²) < 4.78 is 15.0. The van der Waals surface area contributed by atoms with Gasteiger partial charge in [-0.15, -0.1) is 0 Å². The van der Waals surface area contributed by atoms with Crippen LogP contribution in [0.4, 0.5) is 4.39 Å². The van der Waals surface area contributed by atoms with E-state index in [2.05, 4.69) is 4.98 Å². The molecule has 4 nitrogen and oxygen atoms in total. The normalized spacial score (nSPS) is 11.0. The third-order valence-electron chi connectivity index (χ3n) is 3.81. The molecule has 0 fully saturated rings. The molecular formula is C19H16ClFN2O2S. The van der Waals surface area contributed by atoms with E-state index in [0.29, 0.717) is 40.3 Å². The Morgan fingerprint density at radius 1 is 1.27 bits per heavy atom. The van der Waals surface area contributed by atoms with Gasteiger partial charge < -0.3 is 4.79 Å². The van der Waals surface area contributed by atoms with Crippen LogP contribution in [0.15, 0.2) is 52.4 Å². The molecule has 3 rings (SSSR count). The highest BCUT2D eigenvalue weighted by Gasteiger charge is 2.14. The van der Waals surface area contributed by atoms with Crippen molar-refractivity contribution in [3.8, 4) is 5.69 Å². The molecule has 134 valence electrons. The van der Waals surface area contributed by atoms with Gasteiger partial charge in [0.05, 0.1) is 21.6 Å². The van der Waals surface area contributed by atoms with Gasteiger partial charge in [0.1, 0.15) is 11.6 Å². The summed E-state index contributed by atoms with van der Waals surface area (Å²) in [6.07, 6.45) is 1.17. The summed E-state index contributed by atoms with van der Waals surface area (Å²) >= 11 is 7.28. The number of Topliss-reactive ketones (excluding diaryl/α,β-unsaturated/α-hetero) is 1. The molecule has 0 atom stereocenters. The Labute approximate surface area is 159 Å². The van der Waals surface area contributed by atoms with Gasteiger partial charge in [0, 0.05) is 12.2 Å². The van der Waals surface area contributed by atoms with Crippen LogP contribution in [0.2, 0.25) is 5.02 Å². The molecule has 0 radical (unpaired) electrons. The number of fused-ring (bicyclic) bond motifs is 1. The average Bonchev–Trinajstić information content (AvgIpc) is 2.61. The maximum Gasteiger partial charge on any atom is 0.266 e. The lowest BCUT2D eigenvalue weighted by Crippen LogP contribution is -2.22. The van der Waals surface area contributed by atoms with Crippen LogP contribution in [0.25, 0.3) is 16.6 Å². The average molecular weight is 391 g/mol. The number of hydrogen-bond donors (Lipinski definition) is 0. The number of hydrogen-bond acceptors (Lipinski definition) is 4. The monoisotopic (exact) mass is 390 g/mol. The fourth-order valence-corrected chi connectivity index (χ4v) is 3.67. The fourth-order valence-electron chi connectivity index (χ4n) is 2.55. The first-order valence-corrected chi connectivity index (χ1v) is 9.43. The van der Waals surface area contributed by atoms with Gasteiger partial charge in [-0.1, -0.05) is 35.5 Å². The molecule has 26 heavy (non-hydrogen) atoms. The molecule has 0 saturated carbocycles. The second-order valence-electron chi connectivity index (χ2n) is 5.80. The highest BCUT2D eigenvalue weighted by Crippen LogP contribution is 2.24. The molecule has 0 aliphatic rings. The minimum atomic E-state index is -0.548. The molecule has 7 heteroatoms. The smallest absolute Gasteiger partial charge is 0.266 e. The maximum atomic E-state index is 13.5. The van der Waals surface area contributed by atoms with Crippen molar-refractivity contribution in [1.82, 2.24) is 9.55 Å². The standard InChI is InChI=1S/C19H16ClFN2O2S/c1-12(24)5-4-10-26-19-22-17-7-3-2-6-14(17)18(25)23(19)13-8-9-16(21)15(20)11-13/h2-3,6-9,11H,4-5,10H2,1H3. The topological polar surface area (TPSA) is 52.0 Å². The van der Waals surface area contributed by atoms with E-state index >= 15 is 0 Å². The second-order valence-corrected chi connectivity index (χ2v) is 7.27. The Kier molecular flexibility index (Phi) is 5.74. The van der Waals surface area contributed by atoms with E-state index in [1.807, 2.05) is 6.07 Å². The summed E-state index contributed by atoms with van der Waals surface area (Å²) in [7, 11) is 0. The largest absolute Gasteiger partial charge is 0.300 e. The van der Waals surface area contributed by atoms with Crippen LogP contribution in [0.1, 0.15) is 19.8 Å². The van der Waals surface area contributed by atoms with Crippen molar-refractivity contribution in [2.75, 3.05) is 5.75 Å². The Morgan fingerprint density at radius 3 is 2.77 bits per heavy atom. The predicted octanol–water partition coefficient (Wildman–Crippen LogP) is 4.64. The zero-order chi connectivity index (χ0) is 18.7. The van der Waals surface area contributed by atoms with Crippen LogP contribution in [-0.4, -0.2) is 21.1 Å². The maximum absolute atomic E-state index is 13.5. The molecule has 0 spiro atoms. The number of rotatable bonds is 6. The zero-order valence-corrected chi connectivity index (χ0v) is 15.6. The number of aromatic nitrogens is 2. The molecule has 0 aliphatic carbocycles. The van der Waals surface area contributed by atoms with Crippen LogP contribution in [0.5, 0.6) is 0 Å². The van der Waals surface area contributed by atoms with Crippen molar-refractivity contribution in [2.45, 2.75) is 24.9 Å². The third kappa shape index (κ3) is 3.97. The van der Waals surface area contributed by atoms with Crippen molar-refractivity contribution in [3.63, 3.8) is 0 Å². The number of halogens is 2. The van der Waals surface area contributed by atoms with E-state index in [0.717, 1.165) is 0 Å². The van der Waals surface area contributed by atoms with Gasteiger partial charge in [-0.3, -0.25) is 9.36 Å². The van der Waals surface area contributed by atoms with Gasteiger partial charge in [0.25, 0.3) is 5.56 Å². The van der Waals surface area contributed by atoms with E-state index in [-0.39, 0.29) is 16.4 Å². The summed E-state index contributed by atoms with van der Waals surface area (Å²) in [6, 6.07) is 11.2. The van der Waals surface area contributed by atoms with Gasteiger partial charge in [0.2, 0.25) is 0 Å². The number of para-hydroxylation sites is 1. The molecule has 3 aromatic rings. The van der Waals surface area contributed by atoms with E-state index < -0.39 is 5.82 Å². The first kappa shape index (κ1) is 18.6. The van der Waals surface area contributed by atoms with Gasteiger partial charge in [-0.05, 0) is 43.7 Å². The molecule has 0 aliphatic heterocycles. The van der Waals surface area contributed by atoms with Gasteiger partial charge in [0.15, 0.2) is 5.16 Å². The van der Waals surface area contributed by atoms with Crippen LogP contribution in [0.3, 0.4) is 0 Å². The van der Waals surface area contributed by atoms with Crippen molar-refractivity contribution in [3.05, 3.63) is 63.7 Å². The quantitative estimate of drug-likeness (QED) is 0.349. The Bertz CT molecular complexity index is 1040. The summed E-state index contributed by atoms with van der Waals surface area (Å²) in [5, 5.41) is 0.899. The Morgan fingerprint density at radius 2 is 2.04 bits per heavy atom. The van der Waals surface area contributed by atoms with E-state index in [9.17, 15) is 14.0 Å². The lowest BCUT2D eigenvalue weighted by molar-refractivity contribution is -0.117. The van der Waals surface area contributed by atoms with Crippen molar-refractivity contribution >= 4 is 40.0 Å². The zero-order valence-electron chi connectivity index (χ0n) is 14.0. The first-order chi connectivity index (χ1) is 12.5. The number of carbonyl (C=O) groups excluding carboxylic acids is 1. The van der Waals surface area contributed by atoms with Crippen molar-refractivity contribution < 1.29 is 9.18 Å². The highest BCUT2D eigenvalue weighted by atomic mass is 35.5. The molecule has 0 bridgehead atoms. The van der Waals surface area contributed by atoms with E-state index in [4.69, 9.17) is 11.6 Å².